The van der Waals surface area contributed by atoms with E-state index in [1.807, 2.05) is 0 Å². The molecule has 130 valence electrons. The minimum absolute atomic E-state index is 0.0745. The average Bonchev–Trinajstić information content (AvgIpc) is 3.17. The molecule has 0 spiro atoms. The Bertz CT molecular complexity index is 421. The monoisotopic (exact) mass is 324 g/mol. The summed E-state index contributed by atoms with van der Waals surface area (Å²) in [6.45, 7) is 1.57. The predicted octanol–water partition coefficient (Wildman–Crippen LogP) is 0.853. The van der Waals surface area contributed by atoms with Crippen molar-refractivity contribution in [1.29, 1.82) is 0 Å². The highest BCUT2D eigenvalue weighted by molar-refractivity contribution is 5.46. The van der Waals surface area contributed by atoms with Crippen molar-refractivity contribution in [2.45, 2.75) is 44.3 Å². The zero-order valence-electron chi connectivity index (χ0n) is 13.8. The quantitative estimate of drug-likeness (QED) is 0.227. The fraction of sp³-hybridized carbons (Fsp3) is 0.824. The van der Waals surface area contributed by atoms with Crippen LogP contribution in [0, 0.1) is 29.6 Å². The summed E-state index contributed by atoms with van der Waals surface area (Å²) in [6, 6.07) is 0. The summed E-state index contributed by atoms with van der Waals surface area (Å²) in [7, 11) is 1.52. The van der Waals surface area contributed by atoms with Crippen LogP contribution >= 0.6 is 0 Å². The molecule has 2 fully saturated rings. The van der Waals surface area contributed by atoms with E-state index in [0.29, 0.717) is 43.9 Å². The molecule has 6 heteroatoms. The molecule has 3 unspecified atom stereocenters. The molecule has 23 heavy (non-hydrogen) atoms. The number of nitrogens with one attached hydrogen (secondary N) is 1. The molecule has 1 aliphatic heterocycles. The van der Waals surface area contributed by atoms with E-state index in [-0.39, 0.29) is 12.2 Å². The molecule has 6 nitrogen and oxygen atoms in total. The minimum atomic E-state index is 0.0745. The third-order valence-corrected chi connectivity index (χ3v) is 4.88. The molecular weight excluding hydrogens is 296 g/mol. The number of ether oxygens (including phenoxy) is 1. The average molecular weight is 324 g/mol. The van der Waals surface area contributed by atoms with Crippen LogP contribution in [-0.4, -0.2) is 45.4 Å². The van der Waals surface area contributed by atoms with Gasteiger partial charge in [0.15, 0.2) is 0 Å². The van der Waals surface area contributed by atoms with Crippen LogP contribution in [0.5, 0.6) is 0 Å². The second-order valence-electron chi connectivity index (χ2n) is 6.33. The Morgan fingerprint density at radius 3 is 3.00 bits per heavy atom. The molecule has 2 aliphatic rings. The summed E-state index contributed by atoms with van der Waals surface area (Å²) in [5.74, 6) is 7.70. The lowest BCUT2D eigenvalue weighted by Gasteiger charge is -2.19. The Labute approximate surface area is 138 Å². The van der Waals surface area contributed by atoms with Crippen LogP contribution < -0.4 is 11.1 Å². The maximum Gasteiger partial charge on any atom is 0.207 e. The van der Waals surface area contributed by atoms with Crippen molar-refractivity contribution in [3.8, 4) is 11.8 Å². The Kier molecular flexibility index (Phi) is 7.83. The molecule has 0 radical (unpaired) electrons. The third kappa shape index (κ3) is 5.47. The van der Waals surface area contributed by atoms with Crippen LogP contribution in [0.15, 0.2) is 0 Å². The van der Waals surface area contributed by atoms with E-state index >= 15 is 0 Å². The van der Waals surface area contributed by atoms with Gasteiger partial charge in [0, 0.05) is 5.92 Å². The fourth-order valence-corrected chi connectivity index (χ4v) is 3.75. The van der Waals surface area contributed by atoms with Gasteiger partial charge in [-0.15, -0.1) is 0 Å². The van der Waals surface area contributed by atoms with Gasteiger partial charge in [0.1, 0.15) is 6.61 Å². The first-order valence-corrected chi connectivity index (χ1v) is 8.45. The number of carbonyl (C=O) groups excluding carboxylic acids is 1. The molecule has 1 heterocycles. The number of nitrogens with two attached hydrogens (primary N) is 1. The van der Waals surface area contributed by atoms with Crippen molar-refractivity contribution in [3.05, 3.63) is 0 Å². The van der Waals surface area contributed by atoms with Gasteiger partial charge in [-0.1, -0.05) is 11.8 Å². The first-order chi connectivity index (χ1) is 11.3. The summed E-state index contributed by atoms with van der Waals surface area (Å²) >= 11 is 0. The lowest BCUT2D eigenvalue weighted by Crippen LogP contribution is -2.25. The summed E-state index contributed by atoms with van der Waals surface area (Å²) in [4.78, 5) is 20.0. The number of rotatable bonds is 8. The van der Waals surface area contributed by atoms with Gasteiger partial charge in [0.2, 0.25) is 6.41 Å². The largest absolute Gasteiger partial charge is 0.372 e. The van der Waals surface area contributed by atoms with Gasteiger partial charge < -0.3 is 15.8 Å². The molecule has 3 N–H and O–H groups in total. The first-order valence-electron chi connectivity index (χ1n) is 8.45. The van der Waals surface area contributed by atoms with E-state index in [1.54, 1.807) is 0 Å². The smallest absolute Gasteiger partial charge is 0.207 e. The van der Waals surface area contributed by atoms with E-state index in [4.69, 9.17) is 20.2 Å². The van der Waals surface area contributed by atoms with Crippen molar-refractivity contribution in [3.63, 3.8) is 0 Å². The van der Waals surface area contributed by atoms with Gasteiger partial charge >= 0.3 is 0 Å². The molecular formula is C17H28N2O4. The molecule has 1 saturated carbocycles. The maximum atomic E-state index is 10.2. The molecule has 0 aromatic carbocycles. The molecule has 5 atom stereocenters. The van der Waals surface area contributed by atoms with Crippen molar-refractivity contribution in [2.75, 3.05) is 26.8 Å². The molecule has 0 bridgehead atoms. The van der Waals surface area contributed by atoms with Crippen LogP contribution in [0.4, 0.5) is 0 Å². The molecule has 1 saturated heterocycles. The fourth-order valence-electron chi connectivity index (χ4n) is 3.75. The maximum absolute atomic E-state index is 10.2. The molecule has 2 rings (SSSR count). The number of hydrogen-bond donors (Lipinski definition) is 2. The lowest BCUT2D eigenvalue weighted by atomic mass is 9.90. The van der Waals surface area contributed by atoms with Crippen molar-refractivity contribution in [2.24, 2.45) is 23.5 Å². The van der Waals surface area contributed by atoms with Crippen LogP contribution in [0.1, 0.15) is 32.1 Å². The van der Waals surface area contributed by atoms with Gasteiger partial charge in [-0.25, -0.2) is 9.78 Å². The third-order valence-electron chi connectivity index (χ3n) is 4.88. The zero-order chi connectivity index (χ0) is 16.5. The van der Waals surface area contributed by atoms with Crippen LogP contribution in [-0.2, 0) is 19.3 Å². The number of hydrogen-bond acceptors (Lipinski definition) is 5. The minimum Gasteiger partial charge on any atom is -0.372 e. The molecule has 0 aromatic heterocycles. The zero-order valence-corrected chi connectivity index (χ0v) is 13.8. The highest BCUT2D eigenvalue weighted by Crippen LogP contribution is 2.41. The normalized spacial score (nSPS) is 33.2. The number of carbonyl (C=O) groups is 1. The van der Waals surface area contributed by atoms with Crippen LogP contribution in [0.3, 0.4) is 0 Å². The summed E-state index contributed by atoms with van der Waals surface area (Å²) in [6.07, 6.45) is 6.37. The van der Waals surface area contributed by atoms with Crippen LogP contribution in [0.2, 0.25) is 0 Å². The van der Waals surface area contributed by atoms with Gasteiger partial charge in [0.05, 0.1) is 25.9 Å². The Morgan fingerprint density at radius 1 is 1.39 bits per heavy atom. The highest BCUT2D eigenvalue weighted by Gasteiger charge is 2.41. The Hall–Kier alpha value is -1.13. The van der Waals surface area contributed by atoms with E-state index in [0.717, 1.165) is 32.1 Å². The molecule has 1 aliphatic carbocycles. The van der Waals surface area contributed by atoms with Gasteiger partial charge in [-0.3, -0.25) is 4.79 Å². The Morgan fingerprint density at radius 2 is 2.26 bits per heavy atom. The van der Waals surface area contributed by atoms with E-state index < -0.39 is 0 Å². The predicted molar refractivity (Wildman–Crippen MR) is 86.1 cm³/mol. The first kappa shape index (κ1) is 18.2. The Balaban J connectivity index is 1.82. The molecule has 0 aromatic rings. The summed E-state index contributed by atoms with van der Waals surface area (Å²) < 4.78 is 6.24. The highest BCUT2D eigenvalue weighted by atomic mass is 17.2. The van der Waals surface area contributed by atoms with Gasteiger partial charge in [-0.05, 0) is 50.5 Å². The standard InChI is InChI=1S/C17H28N2O4/c1-21-22-11-17-15(6-7-18)10-16(23-17)14-5-4-13(9-14)3-2-8-19-12-20/h12-17H,4-11,18H2,1H3,(H,19,20)/t13?,14?,15-,16-,17?/m1/s1. The van der Waals surface area contributed by atoms with Gasteiger partial charge in [-0.2, -0.15) is 0 Å². The van der Waals surface area contributed by atoms with E-state index in [1.165, 1.54) is 7.11 Å². The van der Waals surface area contributed by atoms with Crippen LogP contribution in [0.25, 0.3) is 0 Å². The second kappa shape index (κ2) is 9.89. The molecule has 1 amide bonds. The van der Waals surface area contributed by atoms with Crippen molar-refractivity contribution >= 4 is 6.41 Å². The van der Waals surface area contributed by atoms with Crippen molar-refractivity contribution in [1.82, 2.24) is 5.32 Å². The summed E-state index contributed by atoms with van der Waals surface area (Å²) in [5.41, 5.74) is 5.72. The second-order valence-corrected chi connectivity index (χ2v) is 6.33. The van der Waals surface area contributed by atoms with E-state index in [2.05, 4.69) is 17.2 Å². The van der Waals surface area contributed by atoms with E-state index in [9.17, 15) is 4.79 Å². The number of amides is 1. The lowest BCUT2D eigenvalue weighted by molar-refractivity contribution is -0.288. The summed E-state index contributed by atoms with van der Waals surface area (Å²) in [5, 5.41) is 2.57. The SMILES string of the molecule is COOCC1O[C@@H](C2CCC(C#CCNC=O)C2)C[C@H]1CCN. The topological polar surface area (TPSA) is 82.8 Å². The van der Waals surface area contributed by atoms with Gasteiger partial charge in [0.25, 0.3) is 0 Å². The van der Waals surface area contributed by atoms with Crippen molar-refractivity contribution < 1.29 is 19.3 Å².